The molecule has 2 aromatic carbocycles. The van der Waals surface area contributed by atoms with E-state index in [4.69, 9.17) is 19.2 Å². The number of hydrogen-bond acceptors (Lipinski definition) is 7. The van der Waals surface area contributed by atoms with Gasteiger partial charge in [0.25, 0.3) is 0 Å². The first-order valence-electron chi connectivity index (χ1n) is 13.6. The van der Waals surface area contributed by atoms with Gasteiger partial charge in [0.2, 0.25) is 0 Å². The second kappa shape index (κ2) is 13.9. The van der Waals surface area contributed by atoms with Crippen LogP contribution in [0, 0.1) is 5.92 Å². The molecule has 1 aromatic heterocycles. The molecule has 0 amide bonds. The summed E-state index contributed by atoms with van der Waals surface area (Å²) >= 11 is 0. The van der Waals surface area contributed by atoms with E-state index >= 15 is 0 Å². The number of aliphatic hydroxyl groups excluding tert-OH is 1. The van der Waals surface area contributed by atoms with Crippen molar-refractivity contribution in [1.29, 1.82) is 0 Å². The summed E-state index contributed by atoms with van der Waals surface area (Å²) in [6.07, 6.45) is 6.88. The lowest BCUT2D eigenvalue weighted by Gasteiger charge is -2.21. The van der Waals surface area contributed by atoms with Gasteiger partial charge in [0.1, 0.15) is 17.0 Å². The number of carbonyl (C=O) groups excluding carboxylic acids is 2. The Kier molecular flexibility index (Phi) is 10.1. The molecule has 7 heteroatoms. The Morgan fingerprint density at radius 3 is 2.53 bits per heavy atom. The van der Waals surface area contributed by atoms with E-state index in [0.29, 0.717) is 66.9 Å². The zero-order chi connectivity index (χ0) is 26.7. The molecule has 0 radical (unpaired) electrons. The minimum atomic E-state index is -0.802. The van der Waals surface area contributed by atoms with Crippen LogP contribution in [-0.2, 0) is 9.53 Å². The highest BCUT2D eigenvalue weighted by Gasteiger charge is 2.23. The van der Waals surface area contributed by atoms with Crippen molar-refractivity contribution in [2.75, 3.05) is 26.4 Å². The van der Waals surface area contributed by atoms with Crippen molar-refractivity contribution >= 4 is 22.7 Å². The van der Waals surface area contributed by atoms with Gasteiger partial charge in [-0.3, -0.25) is 9.59 Å². The molecule has 4 rings (SSSR count). The van der Waals surface area contributed by atoms with Crippen molar-refractivity contribution in [3.8, 4) is 11.5 Å². The van der Waals surface area contributed by atoms with Crippen molar-refractivity contribution in [3.63, 3.8) is 0 Å². The maximum Gasteiger partial charge on any atom is 0.305 e. The molecule has 1 atom stereocenters. The summed E-state index contributed by atoms with van der Waals surface area (Å²) < 4.78 is 16.9. The molecule has 1 unspecified atom stereocenters. The lowest BCUT2D eigenvalue weighted by molar-refractivity contribution is -0.145. The lowest BCUT2D eigenvalue weighted by Crippen LogP contribution is -2.18. The Bertz CT molecular complexity index is 1200. The maximum absolute atomic E-state index is 13.2. The molecule has 0 aliphatic heterocycles. The molecule has 0 bridgehead atoms. The topological polar surface area (TPSA) is 95.0 Å². The van der Waals surface area contributed by atoms with E-state index in [1.165, 1.54) is 19.3 Å². The normalized spacial score (nSPS) is 14.7. The van der Waals surface area contributed by atoms with Crippen LogP contribution >= 0.6 is 0 Å². The summed E-state index contributed by atoms with van der Waals surface area (Å²) in [6.45, 7) is 2.95. The van der Waals surface area contributed by atoms with E-state index in [9.17, 15) is 14.7 Å². The van der Waals surface area contributed by atoms with Crippen molar-refractivity contribution in [3.05, 3.63) is 65.9 Å². The first kappa shape index (κ1) is 27.6. The number of hydrogen-bond donors (Lipinski definition) is 1. The van der Waals surface area contributed by atoms with Gasteiger partial charge >= 0.3 is 5.97 Å². The number of ketones is 1. The minimum absolute atomic E-state index is 0.184. The molecular formula is C31H37NO6. The number of rotatable bonds is 13. The zero-order valence-corrected chi connectivity index (χ0v) is 22.1. The van der Waals surface area contributed by atoms with Gasteiger partial charge in [-0.2, -0.15) is 0 Å². The first-order chi connectivity index (χ1) is 18.6. The SMILES string of the molecule is CCOc1ccc(C(=O)C(CO)c2ccc3cccc(OCCCC(=O)OCC4CCCCC4)c3n2)cc1. The van der Waals surface area contributed by atoms with E-state index in [2.05, 4.69) is 0 Å². The summed E-state index contributed by atoms with van der Waals surface area (Å²) in [5, 5.41) is 10.9. The maximum atomic E-state index is 13.2. The highest BCUT2D eigenvalue weighted by Crippen LogP contribution is 2.28. The van der Waals surface area contributed by atoms with Crippen molar-refractivity contribution in [2.24, 2.45) is 5.92 Å². The quantitative estimate of drug-likeness (QED) is 0.171. The van der Waals surface area contributed by atoms with Crippen LogP contribution in [0.2, 0.25) is 0 Å². The van der Waals surface area contributed by atoms with Crippen LogP contribution in [0.3, 0.4) is 0 Å². The van der Waals surface area contributed by atoms with Crippen LogP contribution in [0.15, 0.2) is 54.6 Å². The number of Topliss-reactive ketones (excluding diaryl/α,β-unsaturated/α-hetero) is 1. The number of pyridine rings is 1. The number of aromatic nitrogens is 1. The summed E-state index contributed by atoms with van der Waals surface area (Å²) in [6, 6.07) is 16.2. The number of benzene rings is 2. The number of ether oxygens (including phenoxy) is 3. The fraction of sp³-hybridized carbons (Fsp3) is 0.452. The molecule has 1 aliphatic carbocycles. The molecule has 3 aromatic rings. The monoisotopic (exact) mass is 519 g/mol. The van der Waals surface area contributed by atoms with E-state index in [0.717, 1.165) is 18.2 Å². The molecular weight excluding hydrogens is 482 g/mol. The lowest BCUT2D eigenvalue weighted by atomic mass is 9.90. The number of nitrogens with zero attached hydrogens (tertiary/aromatic N) is 1. The molecule has 202 valence electrons. The van der Waals surface area contributed by atoms with Gasteiger partial charge in [0.15, 0.2) is 5.78 Å². The molecule has 1 aliphatic rings. The molecule has 0 spiro atoms. The van der Waals surface area contributed by atoms with Gasteiger partial charge in [-0.25, -0.2) is 4.98 Å². The van der Waals surface area contributed by atoms with Crippen LogP contribution < -0.4 is 9.47 Å². The van der Waals surface area contributed by atoms with Gasteiger partial charge in [-0.15, -0.1) is 0 Å². The fourth-order valence-electron chi connectivity index (χ4n) is 4.87. The Morgan fingerprint density at radius 2 is 1.79 bits per heavy atom. The zero-order valence-electron chi connectivity index (χ0n) is 22.1. The van der Waals surface area contributed by atoms with Crippen LogP contribution in [-0.4, -0.2) is 48.3 Å². The smallest absolute Gasteiger partial charge is 0.305 e. The van der Waals surface area contributed by atoms with E-state index in [1.807, 2.05) is 31.2 Å². The highest BCUT2D eigenvalue weighted by atomic mass is 16.5. The Morgan fingerprint density at radius 1 is 1.00 bits per heavy atom. The third kappa shape index (κ3) is 7.32. The second-order valence-corrected chi connectivity index (χ2v) is 9.76. The van der Waals surface area contributed by atoms with Crippen LogP contribution in [0.5, 0.6) is 11.5 Å². The predicted molar refractivity (Wildman–Crippen MR) is 146 cm³/mol. The average Bonchev–Trinajstić information content (AvgIpc) is 2.95. The van der Waals surface area contributed by atoms with Gasteiger partial charge < -0.3 is 19.3 Å². The number of carbonyl (C=O) groups is 2. The Hall–Kier alpha value is -3.45. The Labute approximate surface area is 224 Å². The third-order valence-electron chi connectivity index (χ3n) is 7.00. The van der Waals surface area contributed by atoms with Crippen LogP contribution in [0.25, 0.3) is 10.9 Å². The van der Waals surface area contributed by atoms with Gasteiger partial charge in [0.05, 0.1) is 38.0 Å². The first-order valence-corrected chi connectivity index (χ1v) is 13.6. The van der Waals surface area contributed by atoms with Crippen molar-refractivity contribution in [1.82, 2.24) is 4.98 Å². The van der Waals surface area contributed by atoms with Crippen LogP contribution in [0.1, 0.15) is 73.8 Å². The average molecular weight is 520 g/mol. The fourth-order valence-corrected chi connectivity index (χ4v) is 4.87. The second-order valence-electron chi connectivity index (χ2n) is 9.76. The summed E-state index contributed by atoms with van der Waals surface area (Å²) in [5.74, 6) is 0.565. The summed E-state index contributed by atoms with van der Waals surface area (Å²) in [7, 11) is 0. The standard InChI is InChI=1S/C31H37NO6/c1-2-36-25-16-13-24(14-17-25)31(35)26(20-33)27-18-15-23-10-6-11-28(30(23)32-27)37-19-7-12-29(34)38-21-22-8-4-3-5-9-22/h6,10-11,13-18,22,26,33H,2-5,7-9,12,19-21H2,1H3. The van der Waals surface area contributed by atoms with E-state index < -0.39 is 5.92 Å². The van der Waals surface area contributed by atoms with Crippen LogP contribution in [0.4, 0.5) is 0 Å². The van der Waals surface area contributed by atoms with Gasteiger partial charge in [-0.1, -0.05) is 37.5 Å². The third-order valence-corrected chi connectivity index (χ3v) is 7.00. The molecule has 7 nitrogen and oxygen atoms in total. The highest BCUT2D eigenvalue weighted by molar-refractivity contribution is 6.01. The van der Waals surface area contributed by atoms with E-state index in [1.54, 1.807) is 30.3 Å². The number of para-hydroxylation sites is 1. The molecule has 1 fully saturated rings. The largest absolute Gasteiger partial charge is 0.494 e. The van der Waals surface area contributed by atoms with Crippen molar-refractivity contribution in [2.45, 2.75) is 57.8 Å². The molecule has 1 N–H and O–H groups in total. The molecule has 1 heterocycles. The summed E-state index contributed by atoms with van der Waals surface area (Å²) in [4.78, 5) is 30.0. The van der Waals surface area contributed by atoms with Crippen molar-refractivity contribution < 1.29 is 28.9 Å². The number of aliphatic hydroxyl groups is 1. The predicted octanol–water partition coefficient (Wildman–Crippen LogP) is 5.87. The molecule has 38 heavy (non-hydrogen) atoms. The van der Waals surface area contributed by atoms with Gasteiger partial charge in [0, 0.05) is 17.4 Å². The Balaban J connectivity index is 1.37. The number of esters is 1. The summed E-state index contributed by atoms with van der Waals surface area (Å²) in [5.41, 5.74) is 1.57. The molecule has 0 saturated heterocycles. The van der Waals surface area contributed by atoms with E-state index in [-0.39, 0.29) is 18.4 Å². The molecule has 1 saturated carbocycles. The number of fused-ring (bicyclic) bond motifs is 1. The van der Waals surface area contributed by atoms with Gasteiger partial charge in [-0.05, 0) is 68.5 Å². The minimum Gasteiger partial charge on any atom is -0.494 e.